The van der Waals surface area contributed by atoms with Gasteiger partial charge in [0.2, 0.25) is 11.8 Å². The maximum atomic E-state index is 12.6. The fraction of sp³-hybridized carbons (Fsp3) is 0.867. The molecule has 0 aliphatic carbocycles. The number of carbonyl (C=O) groups excluding carboxylic acids is 2. The quantitative estimate of drug-likeness (QED) is 0.803. The van der Waals surface area contributed by atoms with Crippen molar-refractivity contribution >= 4 is 11.8 Å². The maximum absolute atomic E-state index is 12.6. The second-order valence-electron chi connectivity index (χ2n) is 5.51. The molecule has 1 heterocycles. The molecule has 19 heavy (non-hydrogen) atoms. The molecule has 1 aliphatic rings. The highest BCUT2D eigenvalue weighted by Gasteiger charge is 2.33. The van der Waals surface area contributed by atoms with E-state index < -0.39 is 0 Å². The lowest BCUT2D eigenvalue weighted by atomic mass is 9.93. The number of hydrogen-bond donors (Lipinski definition) is 1. The molecule has 1 saturated heterocycles. The highest BCUT2D eigenvalue weighted by Crippen LogP contribution is 2.21. The van der Waals surface area contributed by atoms with E-state index in [1.54, 1.807) is 0 Å². The summed E-state index contributed by atoms with van der Waals surface area (Å²) in [6.45, 7) is 9.05. The summed E-state index contributed by atoms with van der Waals surface area (Å²) >= 11 is 0. The molecule has 4 heteroatoms. The summed E-state index contributed by atoms with van der Waals surface area (Å²) in [6.07, 6.45) is 4.21. The molecule has 110 valence electrons. The normalized spacial score (nSPS) is 22.4. The summed E-state index contributed by atoms with van der Waals surface area (Å²) < 4.78 is 0. The van der Waals surface area contributed by atoms with Crippen LogP contribution in [0.3, 0.4) is 0 Å². The first kappa shape index (κ1) is 16.0. The zero-order valence-electron chi connectivity index (χ0n) is 12.7. The standard InChI is InChI=1S/C15H28N2O2/c1-5-8-13-15(19)17(10-9-14(18)16-13)11(4)12(6-2)7-3/h11-13H,5-10H2,1-4H3,(H,16,18). The van der Waals surface area contributed by atoms with Crippen molar-refractivity contribution in [3.63, 3.8) is 0 Å². The first-order valence-electron chi connectivity index (χ1n) is 7.64. The fourth-order valence-corrected chi connectivity index (χ4v) is 2.97. The first-order chi connectivity index (χ1) is 9.04. The molecule has 0 radical (unpaired) electrons. The van der Waals surface area contributed by atoms with Gasteiger partial charge in [0.05, 0.1) is 0 Å². The third-order valence-electron chi connectivity index (χ3n) is 4.30. The summed E-state index contributed by atoms with van der Waals surface area (Å²) in [5, 5.41) is 2.86. The molecule has 0 saturated carbocycles. The molecule has 0 aromatic carbocycles. The molecule has 0 spiro atoms. The Kier molecular flexibility index (Phi) is 6.32. The van der Waals surface area contributed by atoms with Gasteiger partial charge in [-0.2, -0.15) is 0 Å². The number of nitrogens with one attached hydrogen (secondary N) is 1. The summed E-state index contributed by atoms with van der Waals surface area (Å²) in [4.78, 5) is 26.2. The molecule has 1 fully saturated rings. The van der Waals surface area contributed by atoms with E-state index in [1.807, 2.05) is 11.8 Å². The smallest absolute Gasteiger partial charge is 0.245 e. The minimum absolute atomic E-state index is 0.00560. The van der Waals surface area contributed by atoms with E-state index in [9.17, 15) is 9.59 Å². The third-order valence-corrected chi connectivity index (χ3v) is 4.30. The number of carbonyl (C=O) groups is 2. The molecule has 2 atom stereocenters. The van der Waals surface area contributed by atoms with Crippen LogP contribution in [0, 0.1) is 5.92 Å². The van der Waals surface area contributed by atoms with Crippen molar-refractivity contribution in [2.24, 2.45) is 5.92 Å². The van der Waals surface area contributed by atoms with Crippen LogP contribution in [0.1, 0.15) is 59.8 Å². The molecular formula is C15H28N2O2. The lowest BCUT2D eigenvalue weighted by Crippen LogP contribution is -2.49. The highest BCUT2D eigenvalue weighted by molar-refractivity contribution is 5.90. The van der Waals surface area contributed by atoms with Crippen LogP contribution in [0.4, 0.5) is 0 Å². The molecule has 2 unspecified atom stereocenters. The molecule has 1 rings (SSSR count). The predicted molar refractivity (Wildman–Crippen MR) is 76.7 cm³/mol. The second-order valence-corrected chi connectivity index (χ2v) is 5.51. The summed E-state index contributed by atoms with van der Waals surface area (Å²) in [7, 11) is 0. The molecule has 0 aromatic heterocycles. The number of hydrogen-bond acceptors (Lipinski definition) is 2. The van der Waals surface area contributed by atoms with E-state index in [0.29, 0.717) is 18.9 Å². The average molecular weight is 268 g/mol. The number of amides is 2. The van der Waals surface area contributed by atoms with Gasteiger partial charge in [-0.25, -0.2) is 0 Å². The third kappa shape index (κ3) is 3.95. The minimum atomic E-state index is -0.322. The molecule has 4 nitrogen and oxygen atoms in total. The molecule has 0 aromatic rings. The van der Waals surface area contributed by atoms with Crippen LogP contribution in [0.25, 0.3) is 0 Å². The van der Waals surface area contributed by atoms with Gasteiger partial charge in [0.25, 0.3) is 0 Å². The van der Waals surface area contributed by atoms with Crippen molar-refractivity contribution in [2.45, 2.75) is 71.9 Å². The van der Waals surface area contributed by atoms with E-state index in [4.69, 9.17) is 0 Å². The Morgan fingerprint density at radius 1 is 1.26 bits per heavy atom. The predicted octanol–water partition coefficient (Wildman–Crippen LogP) is 2.33. The zero-order chi connectivity index (χ0) is 14.4. The Morgan fingerprint density at radius 3 is 2.42 bits per heavy atom. The van der Waals surface area contributed by atoms with E-state index in [-0.39, 0.29) is 23.9 Å². The van der Waals surface area contributed by atoms with Crippen molar-refractivity contribution in [1.82, 2.24) is 10.2 Å². The van der Waals surface area contributed by atoms with Crippen molar-refractivity contribution in [3.05, 3.63) is 0 Å². The topological polar surface area (TPSA) is 49.4 Å². The van der Waals surface area contributed by atoms with Gasteiger partial charge in [-0.3, -0.25) is 9.59 Å². The summed E-state index contributed by atoms with van der Waals surface area (Å²) in [6, 6.07) is -0.105. The van der Waals surface area contributed by atoms with E-state index >= 15 is 0 Å². The Morgan fingerprint density at radius 2 is 1.89 bits per heavy atom. The van der Waals surface area contributed by atoms with Crippen LogP contribution in [0.2, 0.25) is 0 Å². The van der Waals surface area contributed by atoms with Gasteiger partial charge in [0.15, 0.2) is 0 Å². The van der Waals surface area contributed by atoms with E-state index in [2.05, 4.69) is 26.1 Å². The summed E-state index contributed by atoms with van der Waals surface area (Å²) in [5.41, 5.74) is 0. The van der Waals surface area contributed by atoms with Gasteiger partial charge < -0.3 is 10.2 Å². The highest BCUT2D eigenvalue weighted by atomic mass is 16.2. The molecule has 0 bridgehead atoms. The first-order valence-corrected chi connectivity index (χ1v) is 7.64. The monoisotopic (exact) mass is 268 g/mol. The Bertz CT molecular complexity index is 313. The van der Waals surface area contributed by atoms with Gasteiger partial charge in [-0.1, -0.05) is 40.0 Å². The van der Waals surface area contributed by atoms with Crippen LogP contribution < -0.4 is 5.32 Å². The number of rotatable bonds is 6. The van der Waals surface area contributed by atoms with Gasteiger partial charge in [-0.15, -0.1) is 0 Å². The van der Waals surface area contributed by atoms with Crippen molar-refractivity contribution in [3.8, 4) is 0 Å². The Balaban J connectivity index is 2.85. The zero-order valence-corrected chi connectivity index (χ0v) is 12.7. The number of nitrogens with zero attached hydrogens (tertiary/aromatic N) is 1. The van der Waals surface area contributed by atoms with Gasteiger partial charge in [-0.05, 0) is 19.3 Å². The average Bonchev–Trinajstić information content (AvgIpc) is 2.52. The van der Waals surface area contributed by atoms with Crippen LogP contribution in [-0.2, 0) is 9.59 Å². The van der Waals surface area contributed by atoms with Crippen LogP contribution in [-0.4, -0.2) is 35.3 Å². The van der Waals surface area contributed by atoms with Gasteiger partial charge >= 0.3 is 0 Å². The van der Waals surface area contributed by atoms with E-state index in [1.165, 1.54) is 0 Å². The largest absolute Gasteiger partial charge is 0.344 e. The summed E-state index contributed by atoms with van der Waals surface area (Å²) in [5.74, 6) is 0.623. The molecule has 1 N–H and O–H groups in total. The van der Waals surface area contributed by atoms with E-state index in [0.717, 1.165) is 25.7 Å². The minimum Gasteiger partial charge on any atom is -0.344 e. The lowest BCUT2D eigenvalue weighted by molar-refractivity contribution is -0.136. The SMILES string of the molecule is CCCC1NC(=O)CCN(C(C)C(CC)CC)C1=O. The van der Waals surface area contributed by atoms with Crippen LogP contribution in [0.15, 0.2) is 0 Å². The van der Waals surface area contributed by atoms with Gasteiger partial charge in [0.1, 0.15) is 6.04 Å². The second kappa shape index (κ2) is 7.51. The van der Waals surface area contributed by atoms with Gasteiger partial charge in [0, 0.05) is 19.0 Å². The van der Waals surface area contributed by atoms with Crippen molar-refractivity contribution in [1.29, 1.82) is 0 Å². The molecular weight excluding hydrogens is 240 g/mol. The molecule has 1 aliphatic heterocycles. The Labute approximate surface area is 116 Å². The molecule has 2 amide bonds. The van der Waals surface area contributed by atoms with Crippen molar-refractivity contribution < 1.29 is 9.59 Å². The fourth-order valence-electron chi connectivity index (χ4n) is 2.97. The Hall–Kier alpha value is -1.06. The lowest BCUT2D eigenvalue weighted by Gasteiger charge is -2.34. The van der Waals surface area contributed by atoms with Crippen LogP contribution >= 0.6 is 0 Å². The maximum Gasteiger partial charge on any atom is 0.245 e. The van der Waals surface area contributed by atoms with Crippen LogP contribution in [0.5, 0.6) is 0 Å². The van der Waals surface area contributed by atoms with Crippen molar-refractivity contribution in [2.75, 3.05) is 6.54 Å².